The van der Waals surface area contributed by atoms with Gasteiger partial charge < -0.3 is 4.74 Å². The Balaban J connectivity index is 2.80. The van der Waals surface area contributed by atoms with Crippen LogP contribution in [0.4, 0.5) is 0 Å². The summed E-state index contributed by atoms with van der Waals surface area (Å²) in [5.41, 5.74) is 1.58. The molecule has 0 fully saturated rings. The van der Waals surface area contributed by atoms with Crippen LogP contribution in [0.2, 0.25) is 0 Å². The Bertz CT molecular complexity index is 303. The summed E-state index contributed by atoms with van der Waals surface area (Å²) in [6, 6.07) is 7.10. The summed E-state index contributed by atoms with van der Waals surface area (Å²) in [5, 5.41) is 0. The van der Waals surface area contributed by atoms with Crippen molar-refractivity contribution in [3.63, 3.8) is 0 Å². The van der Waals surface area contributed by atoms with Crippen molar-refractivity contribution in [2.75, 3.05) is 7.11 Å². The number of rotatable bonds is 3. The van der Waals surface area contributed by atoms with Crippen LogP contribution in [0.5, 0.6) is 0 Å². The van der Waals surface area contributed by atoms with Gasteiger partial charge in [0.25, 0.3) is 0 Å². The Morgan fingerprint density at radius 2 is 2.08 bits per heavy atom. The van der Waals surface area contributed by atoms with Crippen LogP contribution in [0.1, 0.15) is 15.9 Å². The number of carbonyl (C=O) groups excluding carboxylic acids is 1. The second kappa shape index (κ2) is 4.40. The van der Waals surface area contributed by atoms with Gasteiger partial charge in [0.05, 0.1) is 19.2 Å². The molecule has 1 rings (SSSR count). The van der Waals surface area contributed by atoms with Gasteiger partial charge in [-0.2, -0.15) is 0 Å². The van der Waals surface area contributed by atoms with E-state index >= 15 is 0 Å². The summed E-state index contributed by atoms with van der Waals surface area (Å²) in [6.07, 6.45) is 0. The zero-order valence-corrected chi connectivity index (χ0v) is 7.49. The van der Waals surface area contributed by atoms with E-state index in [0.717, 1.165) is 5.56 Å². The third-order valence-corrected chi connectivity index (χ3v) is 1.67. The molecule has 3 nitrogen and oxygen atoms in total. The van der Waals surface area contributed by atoms with Crippen molar-refractivity contribution in [2.45, 2.75) is 6.54 Å². The highest BCUT2D eigenvalue weighted by Crippen LogP contribution is 2.06. The first-order valence-electron chi connectivity index (χ1n) is 3.87. The fourth-order valence-corrected chi connectivity index (χ4v) is 0.993. The summed E-state index contributed by atoms with van der Waals surface area (Å²) in [6.45, 7) is 3.96. The first-order valence-corrected chi connectivity index (χ1v) is 3.87. The predicted octanol–water partition coefficient (Wildman–Crippen LogP) is 1.67. The van der Waals surface area contributed by atoms with E-state index < -0.39 is 0 Å². The van der Waals surface area contributed by atoms with E-state index in [1.807, 2.05) is 12.1 Å². The molecule has 13 heavy (non-hydrogen) atoms. The number of esters is 1. The van der Waals surface area contributed by atoms with E-state index in [1.54, 1.807) is 12.1 Å². The summed E-state index contributed by atoms with van der Waals surface area (Å²) in [7, 11) is 1.36. The number of hydrogen-bond acceptors (Lipinski definition) is 3. The Hall–Kier alpha value is -1.64. The van der Waals surface area contributed by atoms with Gasteiger partial charge in [0.2, 0.25) is 0 Å². The third-order valence-electron chi connectivity index (χ3n) is 1.67. The monoisotopic (exact) mass is 177 g/mol. The Morgan fingerprint density at radius 3 is 2.54 bits per heavy atom. The summed E-state index contributed by atoms with van der Waals surface area (Å²) in [4.78, 5) is 14.8. The topological polar surface area (TPSA) is 38.7 Å². The van der Waals surface area contributed by atoms with Gasteiger partial charge in [-0.1, -0.05) is 12.1 Å². The van der Waals surface area contributed by atoms with E-state index in [2.05, 4.69) is 16.4 Å². The first kappa shape index (κ1) is 9.45. The van der Waals surface area contributed by atoms with Gasteiger partial charge in [0.15, 0.2) is 0 Å². The van der Waals surface area contributed by atoms with E-state index in [0.29, 0.717) is 12.1 Å². The maximum absolute atomic E-state index is 11.0. The van der Waals surface area contributed by atoms with Gasteiger partial charge in [-0.25, -0.2) is 4.79 Å². The highest BCUT2D eigenvalue weighted by molar-refractivity contribution is 5.89. The standard InChI is InChI=1S/C10H11NO2/c1-11-7-8-3-5-9(6-4-8)10(12)13-2/h3-6H,1,7H2,2H3. The van der Waals surface area contributed by atoms with E-state index in [1.165, 1.54) is 7.11 Å². The van der Waals surface area contributed by atoms with Gasteiger partial charge in [0.1, 0.15) is 0 Å². The molecule has 1 aromatic rings. The Labute approximate surface area is 77.1 Å². The fourth-order valence-electron chi connectivity index (χ4n) is 0.993. The van der Waals surface area contributed by atoms with Crippen molar-refractivity contribution < 1.29 is 9.53 Å². The third kappa shape index (κ3) is 2.40. The van der Waals surface area contributed by atoms with Crippen LogP contribution in [-0.4, -0.2) is 19.8 Å². The molecule has 68 valence electrons. The van der Waals surface area contributed by atoms with Crippen LogP contribution in [0, 0.1) is 0 Å². The fraction of sp³-hybridized carbons (Fsp3) is 0.200. The molecular formula is C10H11NO2. The predicted molar refractivity (Wildman–Crippen MR) is 51.0 cm³/mol. The molecule has 0 N–H and O–H groups in total. The molecule has 0 amide bonds. The van der Waals surface area contributed by atoms with Gasteiger partial charge in [-0.3, -0.25) is 4.99 Å². The molecule has 0 aromatic heterocycles. The number of ether oxygens (including phenoxy) is 1. The highest BCUT2D eigenvalue weighted by atomic mass is 16.5. The maximum atomic E-state index is 11.0. The second-order valence-electron chi connectivity index (χ2n) is 2.57. The summed E-state index contributed by atoms with van der Waals surface area (Å²) >= 11 is 0. The lowest BCUT2D eigenvalue weighted by Crippen LogP contribution is -2.00. The van der Waals surface area contributed by atoms with Crippen LogP contribution in [0.15, 0.2) is 29.3 Å². The molecule has 0 saturated heterocycles. The smallest absolute Gasteiger partial charge is 0.337 e. The maximum Gasteiger partial charge on any atom is 0.337 e. The number of hydrogen-bond donors (Lipinski definition) is 0. The summed E-state index contributed by atoms with van der Waals surface area (Å²) < 4.78 is 4.56. The molecule has 0 radical (unpaired) electrons. The lowest BCUT2D eigenvalue weighted by atomic mass is 10.1. The quantitative estimate of drug-likeness (QED) is 0.520. The molecule has 1 aromatic carbocycles. The summed E-state index contributed by atoms with van der Waals surface area (Å²) in [5.74, 6) is -0.321. The first-order chi connectivity index (χ1) is 6.27. The second-order valence-corrected chi connectivity index (χ2v) is 2.57. The number of methoxy groups -OCH3 is 1. The largest absolute Gasteiger partial charge is 0.465 e. The highest BCUT2D eigenvalue weighted by Gasteiger charge is 2.03. The molecule has 0 heterocycles. The van der Waals surface area contributed by atoms with E-state index in [-0.39, 0.29) is 5.97 Å². The van der Waals surface area contributed by atoms with Gasteiger partial charge in [-0.15, -0.1) is 0 Å². The molecule has 0 unspecified atom stereocenters. The average Bonchev–Trinajstić information content (AvgIpc) is 2.18. The molecule has 0 saturated carbocycles. The minimum absolute atomic E-state index is 0.321. The minimum Gasteiger partial charge on any atom is -0.465 e. The average molecular weight is 177 g/mol. The minimum atomic E-state index is -0.321. The molecule has 0 spiro atoms. The van der Waals surface area contributed by atoms with Gasteiger partial charge in [-0.05, 0) is 24.4 Å². The van der Waals surface area contributed by atoms with Crippen LogP contribution in [-0.2, 0) is 11.3 Å². The van der Waals surface area contributed by atoms with Crippen LogP contribution >= 0.6 is 0 Å². The van der Waals surface area contributed by atoms with Crippen molar-refractivity contribution >= 4 is 12.7 Å². The molecule has 3 heteroatoms. The Morgan fingerprint density at radius 1 is 1.46 bits per heavy atom. The van der Waals surface area contributed by atoms with Crippen molar-refractivity contribution in [1.82, 2.24) is 0 Å². The van der Waals surface area contributed by atoms with E-state index in [4.69, 9.17) is 0 Å². The number of carbonyl (C=O) groups is 1. The Kier molecular flexibility index (Phi) is 3.20. The zero-order valence-electron chi connectivity index (χ0n) is 7.49. The van der Waals surface area contributed by atoms with Gasteiger partial charge in [0, 0.05) is 0 Å². The van der Waals surface area contributed by atoms with E-state index in [9.17, 15) is 4.79 Å². The molecule has 0 aliphatic rings. The lowest BCUT2D eigenvalue weighted by molar-refractivity contribution is 0.0600. The molecule has 0 bridgehead atoms. The molecular weight excluding hydrogens is 166 g/mol. The normalized spacial score (nSPS) is 9.31. The van der Waals surface area contributed by atoms with Crippen molar-refractivity contribution in [2.24, 2.45) is 4.99 Å². The molecule has 0 aliphatic carbocycles. The van der Waals surface area contributed by atoms with Crippen molar-refractivity contribution in [3.05, 3.63) is 35.4 Å². The SMILES string of the molecule is C=NCc1ccc(C(=O)OC)cc1. The zero-order chi connectivity index (χ0) is 9.68. The van der Waals surface area contributed by atoms with Crippen molar-refractivity contribution in [1.29, 1.82) is 0 Å². The number of benzene rings is 1. The van der Waals surface area contributed by atoms with Crippen LogP contribution in [0.25, 0.3) is 0 Å². The molecule has 0 aliphatic heterocycles. The van der Waals surface area contributed by atoms with Crippen LogP contribution < -0.4 is 0 Å². The molecule has 0 atom stereocenters. The number of nitrogens with zero attached hydrogens (tertiary/aromatic N) is 1. The van der Waals surface area contributed by atoms with Gasteiger partial charge >= 0.3 is 5.97 Å². The van der Waals surface area contributed by atoms with Crippen molar-refractivity contribution in [3.8, 4) is 0 Å². The number of aliphatic imine (C=N–C) groups is 1. The lowest BCUT2D eigenvalue weighted by Gasteiger charge is -1.99. The van der Waals surface area contributed by atoms with Crippen LogP contribution in [0.3, 0.4) is 0 Å².